The molecule has 1 N–H and O–H groups in total. The summed E-state index contributed by atoms with van der Waals surface area (Å²) in [6.45, 7) is 2.34. The van der Waals surface area contributed by atoms with Crippen LogP contribution in [0.2, 0.25) is 0 Å². The van der Waals surface area contributed by atoms with Crippen molar-refractivity contribution in [3.8, 4) is 5.75 Å². The summed E-state index contributed by atoms with van der Waals surface area (Å²) in [4.78, 5) is 13.9. The fourth-order valence-corrected chi connectivity index (χ4v) is 2.54. The molecule has 6 heteroatoms. The lowest BCUT2D eigenvalue weighted by molar-refractivity contribution is -0.125. The second kappa shape index (κ2) is 7.42. The first kappa shape index (κ1) is 16.5. The van der Waals surface area contributed by atoms with E-state index in [9.17, 15) is 13.6 Å². The van der Waals surface area contributed by atoms with Gasteiger partial charge in [0.2, 0.25) is 5.91 Å². The summed E-state index contributed by atoms with van der Waals surface area (Å²) >= 11 is 0. The van der Waals surface area contributed by atoms with Gasteiger partial charge in [-0.3, -0.25) is 4.79 Å². The van der Waals surface area contributed by atoms with E-state index in [0.717, 1.165) is 12.8 Å². The summed E-state index contributed by atoms with van der Waals surface area (Å²) in [5, 5.41) is 3.02. The Balaban J connectivity index is 2.00. The van der Waals surface area contributed by atoms with Crippen LogP contribution in [0.3, 0.4) is 0 Å². The highest BCUT2D eigenvalue weighted by atomic mass is 19.3. The van der Waals surface area contributed by atoms with Gasteiger partial charge in [-0.25, -0.2) is 0 Å². The Bertz CT molecular complexity index is 511. The first-order valence-corrected chi connectivity index (χ1v) is 7.60. The maximum Gasteiger partial charge on any atom is 0.387 e. The summed E-state index contributed by atoms with van der Waals surface area (Å²) in [6, 6.07) is 6.79. The van der Waals surface area contributed by atoms with Crippen molar-refractivity contribution in [2.24, 2.45) is 5.92 Å². The second-order valence-electron chi connectivity index (χ2n) is 5.60. The number of benzene rings is 1. The fraction of sp³-hybridized carbons (Fsp3) is 0.562. The van der Waals surface area contributed by atoms with Gasteiger partial charge in [0, 0.05) is 25.0 Å². The Hall–Kier alpha value is -1.85. The molecule has 2 rings (SSSR count). The molecule has 22 heavy (non-hydrogen) atoms. The normalized spacial score (nSPS) is 19.3. The number of ether oxygens (including phenoxy) is 1. The van der Waals surface area contributed by atoms with Gasteiger partial charge < -0.3 is 15.0 Å². The highest BCUT2D eigenvalue weighted by molar-refractivity contribution is 5.78. The molecule has 1 saturated heterocycles. The van der Waals surface area contributed by atoms with E-state index in [4.69, 9.17) is 0 Å². The molecule has 0 spiro atoms. The molecule has 0 saturated carbocycles. The van der Waals surface area contributed by atoms with E-state index in [0.29, 0.717) is 18.8 Å². The van der Waals surface area contributed by atoms with Gasteiger partial charge in [0.05, 0.1) is 5.69 Å². The van der Waals surface area contributed by atoms with Gasteiger partial charge in [0.1, 0.15) is 5.75 Å². The van der Waals surface area contributed by atoms with E-state index < -0.39 is 6.61 Å². The molecule has 0 radical (unpaired) electrons. The number of amides is 1. The molecule has 1 aliphatic heterocycles. The number of anilines is 1. The number of hydrogen-bond donors (Lipinski definition) is 1. The largest absolute Gasteiger partial charge is 0.433 e. The van der Waals surface area contributed by atoms with E-state index in [-0.39, 0.29) is 23.6 Å². The highest BCUT2D eigenvalue weighted by Gasteiger charge is 2.27. The summed E-state index contributed by atoms with van der Waals surface area (Å²) in [6.07, 6.45) is 1.60. The number of carbonyl (C=O) groups excluding carboxylic acids is 1. The van der Waals surface area contributed by atoms with Crippen LogP contribution in [0.25, 0.3) is 0 Å². The van der Waals surface area contributed by atoms with Crippen LogP contribution < -0.4 is 15.0 Å². The second-order valence-corrected chi connectivity index (χ2v) is 5.60. The third-order valence-electron chi connectivity index (χ3n) is 4.02. The summed E-state index contributed by atoms with van der Waals surface area (Å²) in [5.74, 6) is 0.210. The van der Waals surface area contributed by atoms with E-state index in [1.54, 1.807) is 18.2 Å². The van der Waals surface area contributed by atoms with Crippen LogP contribution in [-0.4, -0.2) is 31.7 Å². The van der Waals surface area contributed by atoms with Crippen molar-refractivity contribution < 1.29 is 18.3 Å². The molecule has 1 aromatic carbocycles. The van der Waals surface area contributed by atoms with Crippen LogP contribution in [0, 0.1) is 5.92 Å². The summed E-state index contributed by atoms with van der Waals surface area (Å²) in [7, 11) is 0. The predicted molar refractivity (Wildman–Crippen MR) is 81.3 cm³/mol. The number of halogens is 2. The molecule has 1 heterocycles. The van der Waals surface area contributed by atoms with Crippen molar-refractivity contribution in [1.82, 2.24) is 5.32 Å². The first-order valence-electron chi connectivity index (χ1n) is 7.60. The monoisotopic (exact) mass is 312 g/mol. The SMILES string of the molecule is CC[C@@H](C)C(=O)N[C@@H]1CCN(c2ccccc2OC(F)F)C1. The van der Waals surface area contributed by atoms with Gasteiger partial charge in [0.25, 0.3) is 0 Å². The van der Waals surface area contributed by atoms with Crippen LogP contribution in [0.15, 0.2) is 24.3 Å². The van der Waals surface area contributed by atoms with Crippen molar-refractivity contribution in [2.45, 2.75) is 39.3 Å². The predicted octanol–water partition coefficient (Wildman–Crippen LogP) is 3.03. The van der Waals surface area contributed by atoms with Crippen molar-refractivity contribution >= 4 is 11.6 Å². The molecule has 4 nitrogen and oxygen atoms in total. The molecular weight excluding hydrogens is 290 g/mol. The number of nitrogens with zero attached hydrogens (tertiary/aromatic N) is 1. The lowest BCUT2D eigenvalue weighted by atomic mass is 10.1. The molecule has 0 aromatic heterocycles. The standard InChI is InChI=1S/C16H22F2N2O2/c1-3-11(2)15(21)19-12-8-9-20(10-12)13-6-4-5-7-14(13)22-16(17)18/h4-7,11-12,16H,3,8-10H2,1-2H3,(H,19,21)/t11-,12-/m1/s1. The van der Waals surface area contributed by atoms with Gasteiger partial charge in [-0.2, -0.15) is 8.78 Å². The molecule has 1 fully saturated rings. The zero-order chi connectivity index (χ0) is 16.1. The minimum Gasteiger partial charge on any atom is -0.433 e. The topological polar surface area (TPSA) is 41.6 Å². The van der Waals surface area contributed by atoms with Gasteiger partial charge in [-0.05, 0) is 25.0 Å². The summed E-state index contributed by atoms with van der Waals surface area (Å²) < 4.78 is 29.5. The third kappa shape index (κ3) is 4.08. The Morgan fingerprint density at radius 1 is 1.45 bits per heavy atom. The van der Waals surface area contributed by atoms with Crippen molar-refractivity contribution in [3.05, 3.63) is 24.3 Å². The molecule has 122 valence electrons. The quantitative estimate of drug-likeness (QED) is 0.878. The van der Waals surface area contributed by atoms with Crippen LogP contribution in [-0.2, 0) is 4.79 Å². The lowest BCUT2D eigenvalue weighted by Gasteiger charge is -2.22. The average molecular weight is 312 g/mol. The maximum absolute atomic E-state index is 12.5. The number of para-hydroxylation sites is 2. The molecule has 0 bridgehead atoms. The average Bonchev–Trinajstić information content (AvgIpc) is 2.94. The molecular formula is C16H22F2N2O2. The molecule has 1 amide bonds. The number of alkyl halides is 2. The van der Waals surface area contributed by atoms with Gasteiger partial charge in [-0.1, -0.05) is 26.0 Å². The molecule has 1 aliphatic rings. The Morgan fingerprint density at radius 2 is 2.18 bits per heavy atom. The van der Waals surface area contributed by atoms with Gasteiger partial charge in [-0.15, -0.1) is 0 Å². The van der Waals surface area contributed by atoms with E-state index in [1.165, 1.54) is 6.07 Å². The van der Waals surface area contributed by atoms with Gasteiger partial charge >= 0.3 is 6.61 Å². The number of rotatable bonds is 6. The first-order chi connectivity index (χ1) is 10.5. The zero-order valence-electron chi connectivity index (χ0n) is 12.9. The van der Waals surface area contributed by atoms with Gasteiger partial charge in [0.15, 0.2) is 0 Å². The minimum atomic E-state index is -2.84. The van der Waals surface area contributed by atoms with Crippen LogP contribution in [0.4, 0.5) is 14.5 Å². The van der Waals surface area contributed by atoms with Crippen LogP contribution in [0.5, 0.6) is 5.75 Å². The van der Waals surface area contributed by atoms with E-state index in [2.05, 4.69) is 10.1 Å². The van der Waals surface area contributed by atoms with Crippen molar-refractivity contribution in [1.29, 1.82) is 0 Å². The third-order valence-corrected chi connectivity index (χ3v) is 4.02. The van der Waals surface area contributed by atoms with Crippen LogP contribution >= 0.6 is 0 Å². The van der Waals surface area contributed by atoms with E-state index in [1.807, 2.05) is 18.7 Å². The molecule has 2 atom stereocenters. The smallest absolute Gasteiger partial charge is 0.387 e. The van der Waals surface area contributed by atoms with Crippen molar-refractivity contribution in [2.75, 3.05) is 18.0 Å². The zero-order valence-corrected chi connectivity index (χ0v) is 12.9. The molecule has 1 aromatic rings. The minimum absolute atomic E-state index is 0.0106. The lowest BCUT2D eigenvalue weighted by Crippen LogP contribution is -2.39. The Labute approximate surface area is 129 Å². The molecule has 0 unspecified atom stereocenters. The van der Waals surface area contributed by atoms with Crippen LogP contribution in [0.1, 0.15) is 26.7 Å². The number of carbonyl (C=O) groups is 1. The van der Waals surface area contributed by atoms with Crippen molar-refractivity contribution in [3.63, 3.8) is 0 Å². The summed E-state index contributed by atoms with van der Waals surface area (Å²) in [5.41, 5.74) is 0.642. The Kier molecular flexibility index (Phi) is 5.57. The maximum atomic E-state index is 12.5. The Morgan fingerprint density at radius 3 is 2.86 bits per heavy atom. The number of hydrogen-bond acceptors (Lipinski definition) is 3. The highest BCUT2D eigenvalue weighted by Crippen LogP contribution is 2.31. The van der Waals surface area contributed by atoms with E-state index >= 15 is 0 Å². The molecule has 0 aliphatic carbocycles. The number of nitrogens with one attached hydrogen (secondary N) is 1. The fourth-order valence-electron chi connectivity index (χ4n) is 2.54.